The van der Waals surface area contributed by atoms with E-state index in [2.05, 4.69) is 26.0 Å². The maximum Gasteiger partial charge on any atom is 0.407 e. The standard InChI is InChI=1S/C35H50ClN5O10S/c1-22(50-34(2,3)4)30(31(44)38-20-28(42)40-27(32(45)46)10-8-9-19-37-33(47)51-35(5,6)7)41-29(43)21-39-52(48,49)26-17-13-24(14-18-26)23-11-15-25(36)16-12-23/h11-18,22,27,30,39H,8-10,19-21H2,1-7H3,(H,37,47)(H,38,44)(H,40,42)(H,41,43)(H,45,46)/t22-,27+,30+/m1/s1. The number of nitrogens with one attached hydrogen (secondary N) is 5. The molecule has 3 atom stereocenters. The molecule has 6 N–H and O–H groups in total. The van der Waals surface area contributed by atoms with E-state index in [0.717, 1.165) is 11.1 Å². The molecule has 2 aromatic rings. The van der Waals surface area contributed by atoms with Gasteiger partial charge in [0.1, 0.15) is 17.7 Å². The molecular weight excluding hydrogens is 718 g/mol. The number of halogens is 1. The van der Waals surface area contributed by atoms with E-state index in [9.17, 15) is 37.5 Å². The van der Waals surface area contributed by atoms with Crippen LogP contribution in [0, 0.1) is 0 Å². The lowest BCUT2D eigenvalue weighted by Gasteiger charge is -2.30. The number of carbonyl (C=O) groups is 5. The fraction of sp³-hybridized carbons (Fsp3) is 0.514. The highest BCUT2D eigenvalue weighted by Gasteiger charge is 2.31. The van der Waals surface area contributed by atoms with Crippen LogP contribution < -0.4 is 26.0 Å². The summed E-state index contributed by atoms with van der Waals surface area (Å²) in [4.78, 5) is 62.2. The van der Waals surface area contributed by atoms with Crippen molar-refractivity contribution in [1.29, 1.82) is 0 Å². The number of benzene rings is 2. The first-order valence-corrected chi connectivity index (χ1v) is 18.5. The van der Waals surface area contributed by atoms with Crippen molar-refractivity contribution >= 4 is 51.4 Å². The number of alkyl carbamates (subject to hydrolysis) is 1. The van der Waals surface area contributed by atoms with Crippen LogP contribution in [-0.4, -0.2) is 92.3 Å². The molecule has 0 radical (unpaired) electrons. The first-order chi connectivity index (χ1) is 24.1. The molecule has 0 aliphatic carbocycles. The quantitative estimate of drug-likeness (QED) is 0.122. The Kier molecular flexibility index (Phi) is 16.5. The molecule has 0 fully saturated rings. The number of ether oxygens (including phenoxy) is 2. The Morgan fingerprint density at radius 3 is 1.88 bits per heavy atom. The van der Waals surface area contributed by atoms with E-state index < -0.39 is 82.3 Å². The Morgan fingerprint density at radius 2 is 1.35 bits per heavy atom. The van der Waals surface area contributed by atoms with Crippen molar-refractivity contribution < 1.29 is 47.0 Å². The molecule has 288 valence electrons. The third kappa shape index (κ3) is 16.4. The first-order valence-electron chi connectivity index (χ1n) is 16.7. The fourth-order valence-corrected chi connectivity index (χ4v) is 5.83. The number of aliphatic carboxylic acids is 1. The van der Waals surface area contributed by atoms with Gasteiger partial charge in [-0.15, -0.1) is 0 Å². The van der Waals surface area contributed by atoms with Gasteiger partial charge in [-0.3, -0.25) is 14.4 Å². The third-order valence-electron chi connectivity index (χ3n) is 7.02. The number of unbranched alkanes of at least 4 members (excludes halogenated alkanes) is 1. The van der Waals surface area contributed by atoms with Crippen molar-refractivity contribution in [2.45, 2.75) is 102 Å². The first kappa shape index (κ1) is 43.9. The lowest BCUT2D eigenvalue weighted by molar-refractivity contribution is -0.142. The summed E-state index contributed by atoms with van der Waals surface area (Å²) in [6, 6.07) is 10.4. The zero-order chi connectivity index (χ0) is 39.3. The van der Waals surface area contributed by atoms with Crippen LogP contribution >= 0.6 is 11.6 Å². The van der Waals surface area contributed by atoms with Crippen LogP contribution in [0.15, 0.2) is 53.4 Å². The molecule has 15 nitrogen and oxygen atoms in total. The average molecular weight is 768 g/mol. The minimum Gasteiger partial charge on any atom is -0.480 e. The van der Waals surface area contributed by atoms with Crippen molar-refractivity contribution in [2.75, 3.05) is 19.6 Å². The smallest absolute Gasteiger partial charge is 0.407 e. The number of carbonyl (C=O) groups excluding carboxylic acids is 4. The number of carboxylic acid groups (broad SMARTS) is 1. The Morgan fingerprint density at radius 1 is 0.788 bits per heavy atom. The van der Waals surface area contributed by atoms with Gasteiger partial charge in [0, 0.05) is 11.6 Å². The summed E-state index contributed by atoms with van der Waals surface area (Å²) in [6.45, 7) is 10.8. The highest BCUT2D eigenvalue weighted by Crippen LogP contribution is 2.23. The monoisotopic (exact) mass is 767 g/mol. The molecule has 0 aromatic heterocycles. The van der Waals surface area contributed by atoms with Gasteiger partial charge in [0.25, 0.3) is 0 Å². The highest BCUT2D eigenvalue weighted by molar-refractivity contribution is 7.89. The van der Waals surface area contributed by atoms with E-state index in [0.29, 0.717) is 17.9 Å². The third-order valence-corrected chi connectivity index (χ3v) is 8.69. The zero-order valence-electron chi connectivity index (χ0n) is 30.5. The molecule has 2 aromatic carbocycles. The normalized spacial score (nSPS) is 13.6. The van der Waals surface area contributed by atoms with Gasteiger partial charge in [0.05, 0.1) is 29.7 Å². The van der Waals surface area contributed by atoms with Crippen LogP contribution in [-0.2, 0) is 38.7 Å². The van der Waals surface area contributed by atoms with Crippen LogP contribution in [0.4, 0.5) is 4.79 Å². The predicted molar refractivity (Wildman–Crippen MR) is 195 cm³/mol. The van der Waals surface area contributed by atoms with Crippen molar-refractivity contribution in [1.82, 2.24) is 26.0 Å². The van der Waals surface area contributed by atoms with Gasteiger partial charge in [-0.05, 0) is 103 Å². The number of sulfonamides is 1. The largest absolute Gasteiger partial charge is 0.480 e. The van der Waals surface area contributed by atoms with Crippen LogP contribution in [0.5, 0.6) is 0 Å². The Balaban J connectivity index is 1.96. The van der Waals surface area contributed by atoms with E-state index >= 15 is 0 Å². The van der Waals surface area contributed by atoms with E-state index in [1.54, 1.807) is 77.9 Å². The molecule has 4 amide bonds. The van der Waals surface area contributed by atoms with Gasteiger partial charge in [-0.2, -0.15) is 0 Å². The molecule has 0 aliphatic rings. The van der Waals surface area contributed by atoms with Gasteiger partial charge in [0.2, 0.25) is 27.7 Å². The van der Waals surface area contributed by atoms with Crippen LogP contribution in [0.1, 0.15) is 67.7 Å². The number of carboxylic acids is 1. The van der Waals surface area contributed by atoms with Crippen LogP contribution in [0.25, 0.3) is 11.1 Å². The number of hydrogen-bond acceptors (Lipinski definition) is 9. The number of amides is 4. The number of hydrogen-bond donors (Lipinski definition) is 6. The second kappa shape index (κ2) is 19.5. The summed E-state index contributed by atoms with van der Waals surface area (Å²) < 4.78 is 39.1. The lowest BCUT2D eigenvalue weighted by atomic mass is 10.1. The van der Waals surface area contributed by atoms with E-state index in [-0.39, 0.29) is 17.9 Å². The summed E-state index contributed by atoms with van der Waals surface area (Å²) in [6.07, 6.45) is -0.683. The SMILES string of the molecule is C[C@@H](OC(C)(C)C)[C@H](NC(=O)CNS(=O)(=O)c1ccc(-c2ccc(Cl)cc2)cc1)C(=O)NCC(=O)N[C@@H](CCCCNC(=O)OC(C)(C)C)C(=O)O. The molecular formula is C35H50ClN5O10S. The molecule has 2 rings (SSSR count). The second-order valence-electron chi connectivity index (χ2n) is 13.9. The zero-order valence-corrected chi connectivity index (χ0v) is 32.1. The fourth-order valence-electron chi connectivity index (χ4n) is 4.72. The minimum absolute atomic E-state index is 0.0581. The van der Waals surface area contributed by atoms with Gasteiger partial charge < -0.3 is 35.8 Å². The van der Waals surface area contributed by atoms with Gasteiger partial charge in [-0.1, -0.05) is 35.9 Å². The highest BCUT2D eigenvalue weighted by atomic mass is 35.5. The van der Waals surface area contributed by atoms with E-state index in [4.69, 9.17) is 21.1 Å². The predicted octanol–water partition coefficient (Wildman–Crippen LogP) is 3.35. The Hall–Kier alpha value is -4.25. The summed E-state index contributed by atoms with van der Waals surface area (Å²) in [5, 5.41) is 19.9. The summed E-state index contributed by atoms with van der Waals surface area (Å²) >= 11 is 5.94. The van der Waals surface area contributed by atoms with Crippen LogP contribution in [0.3, 0.4) is 0 Å². The molecule has 17 heteroatoms. The maximum atomic E-state index is 13.2. The van der Waals surface area contributed by atoms with Crippen molar-refractivity contribution in [2.24, 2.45) is 0 Å². The Bertz CT molecular complexity index is 1640. The summed E-state index contributed by atoms with van der Waals surface area (Å²) in [5.74, 6) is -3.74. The topological polar surface area (TPSA) is 218 Å². The van der Waals surface area contributed by atoms with E-state index in [1.807, 2.05) is 0 Å². The molecule has 0 bridgehead atoms. The van der Waals surface area contributed by atoms with E-state index in [1.165, 1.54) is 19.1 Å². The molecule has 0 heterocycles. The maximum absolute atomic E-state index is 13.2. The van der Waals surface area contributed by atoms with Crippen LogP contribution in [0.2, 0.25) is 5.02 Å². The minimum atomic E-state index is -4.12. The Labute approximate surface area is 310 Å². The number of rotatable bonds is 18. The van der Waals surface area contributed by atoms with Gasteiger partial charge in [0.15, 0.2) is 0 Å². The van der Waals surface area contributed by atoms with Crippen molar-refractivity contribution in [3.8, 4) is 11.1 Å². The molecule has 0 saturated heterocycles. The van der Waals surface area contributed by atoms with Gasteiger partial charge >= 0.3 is 12.1 Å². The molecule has 0 aliphatic heterocycles. The summed E-state index contributed by atoms with van der Waals surface area (Å²) in [7, 11) is -4.12. The molecule has 0 saturated carbocycles. The van der Waals surface area contributed by atoms with Crippen molar-refractivity contribution in [3.63, 3.8) is 0 Å². The molecule has 0 spiro atoms. The lowest BCUT2D eigenvalue weighted by Crippen LogP contribution is -2.57. The van der Waals surface area contributed by atoms with Crippen molar-refractivity contribution in [3.05, 3.63) is 53.6 Å². The molecule has 52 heavy (non-hydrogen) atoms. The van der Waals surface area contributed by atoms with Gasteiger partial charge in [-0.25, -0.2) is 22.7 Å². The molecule has 0 unspecified atom stereocenters. The average Bonchev–Trinajstić information content (AvgIpc) is 3.03. The summed E-state index contributed by atoms with van der Waals surface area (Å²) in [5.41, 5.74) is 0.191. The second-order valence-corrected chi connectivity index (χ2v) is 16.1.